The van der Waals surface area contributed by atoms with E-state index in [0.717, 1.165) is 38.3 Å². The molecule has 2 aliphatic heterocycles. The zero-order chi connectivity index (χ0) is 15.1. The third-order valence-electron chi connectivity index (χ3n) is 4.92. The molecule has 3 nitrogen and oxygen atoms in total. The number of benzene rings is 1. The molecule has 3 rings (SSSR count). The lowest BCUT2D eigenvalue weighted by Gasteiger charge is -2.35. The molecule has 0 aliphatic carbocycles. The zero-order valence-electron chi connectivity index (χ0n) is 13.7. The van der Waals surface area contributed by atoms with Crippen molar-refractivity contribution in [3.8, 4) is 5.75 Å². The van der Waals surface area contributed by atoms with Gasteiger partial charge in [0.05, 0.1) is 18.2 Å². The van der Waals surface area contributed by atoms with Gasteiger partial charge in [0.25, 0.3) is 0 Å². The number of fused-ring (bicyclic) bond motifs is 1. The molecule has 1 saturated heterocycles. The molecule has 1 aromatic rings. The largest absolute Gasteiger partial charge is 0.492 e. The molecule has 21 heavy (non-hydrogen) atoms. The average molecular weight is 289 g/mol. The van der Waals surface area contributed by atoms with Gasteiger partial charge in [0, 0.05) is 17.6 Å². The van der Waals surface area contributed by atoms with E-state index in [9.17, 15) is 0 Å². The normalized spacial score (nSPS) is 28.2. The number of nitrogens with one attached hydrogen (secondary N) is 1. The van der Waals surface area contributed by atoms with Crippen LogP contribution in [0.4, 0.5) is 0 Å². The molecule has 1 N–H and O–H groups in total. The van der Waals surface area contributed by atoms with Crippen molar-refractivity contribution in [2.45, 2.75) is 57.6 Å². The maximum atomic E-state index is 6.09. The Labute approximate surface area is 128 Å². The monoisotopic (exact) mass is 289 g/mol. The molecule has 0 saturated carbocycles. The van der Waals surface area contributed by atoms with Gasteiger partial charge >= 0.3 is 0 Å². The van der Waals surface area contributed by atoms with Crippen molar-refractivity contribution < 1.29 is 9.47 Å². The summed E-state index contributed by atoms with van der Waals surface area (Å²) in [6, 6.07) is 6.89. The minimum atomic E-state index is -0.103. The van der Waals surface area contributed by atoms with Crippen LogP contribution in [-0.4, -0.2) is 25.4 Å². The van der Waals surface area contributed by atoms with E-state index in [0.29, 0.717) is 0 Å². The van der Waals surface area contributed by atoms with Crippen LogP contribution in [0.25, 0.3) is 0 Å². The van der Waals surface area contributed by atoms with Crippen LogP contribution in [0.1, 0.15) is 57.7 Å². The topological polar surface area (TPSA) is 30.5 Å². The molecule has 116 valence electrons. The number of hydrogen-bond donors (Lipinski definition) is 1. The van der Waals surface area contributed by atoms with Gasteiger partial charge in [-0.3, -0.25) is 0 Å². The third-order valence-corrected chi connectivity index (χ3v) is 4.92. The van der Waals surface area contributed by atoms with Crippen molar-refractivity contribution in [2.75, 3.05) is 19.8 Å². The Balaban J connectivity index is 1.97. The van der Waals surface area contributed by atoms with Crippen molar-refractivity contribution in [1.29, 1.82) is 0 Å². The number of rotatable bonds is 4. The highest BCUT2D eigenvalue weighted by molar-refractivity contribution is 5.46. The standard InChI is InChI=1S/C18H27NO2/c1-5-19-16(18(4)9-6-10-21-18)13-7-8-15-14(11-13)17(2,3)12-20-15/h7-8,11,16,19H,5-6,9-10,12H2,1-4H3. The van der Waals surface area contributed by atoms with Crippen molar-refractivity contribution in [1.82, 2.24) is 5.32 Å². The Kier molecular flexibility index (Phi) is 3.74. The van der Waals surface area contributed by atoms with Crippen LogP contribution in [0.15, 0.2) is 18.2 Å². The first-order valence-electron chi connectivity index (χ1n) is 8.11. The van der Waals surface area contributed by atoms with Gasteiger partial charge in [0.15, 0.2) is 0 Å². The predicted molar refractivity (Wildman–Crippen MR) is 85.0 cm³/mol. The first-order chi connectivity index (χ1) is 9.96. The molecule has 0 spiro atoms. The van der Waals surface area contributed by atoms with Gasteiger partial charge in [0.2, 0.25) is 0 Å². The molecule has 2 unspecified atom stereocenters. The highest BCUT2D eigenvalue weighted by atomic mass is 16.5. The summed E-state index contributed by atoms with van der Waals surface area (Å²) in [7, 11) is 0. The van der Waals surface area contributed by atoms with E-state index in [2.05, 4.69) is 51.2 Å². The second-order valence-electron chi connectivity index (χ2n) is 7.18. The molecule has 0 aromatic heterocycles. The fourth-order valence-electron chi connectivity index (χ4n) is 3.64. The van der Waals surface area contributed by atoms with Gasteiger partial charge in [-0.1, -0.05) is 26.8 Å². The van der Waals surface area contributed by atoms with Crippen LogP contribution in [0.3, 0.4) is 0 Å². The van der Waals surface area contributed by atoms with Crippen molar-refractivity contribution in [2.24, 2.45) is 0 Å². The summed E-state index contributed by atoms with van der Waals surface area (Å²) >= 11 is 0. The Hall–Kier alpha value is -1.06. The number of likely N-dealkylation sites (N-methyl/N-ethyl adjacent to an activating group) is 1. The maximum absolute atomic E-state index is 6.09. The van der Waals surface area contributed by atoms with E-state index in [4.69, 9.17) is 9.47 Å². The van der Waals surface area contributed by atoms with Crippen molar-refractivity contribution in [3.05, 3.63) is 29.3 Å². The summed E-state index contributed by atoms with van der Waals surface area (Å²) < 4.78 is 11.9. The van der Waals surface area contributed by atoms with Gasteiger partial charge < -0.3 is 14.8 Å². The number of hydrogen-bond acceptors (Lipinski definition) is 3. The Morgan fingerprint density at radius 2 is 2.10 bits per heavy atom. The summed E-state index contributed by atoms with van der Waals surface area (Å²) in [6.07, 6.45) is 2.26. The molecule has 2 aliphatic rings. The van der Waals surface area contributed by atoms with E-state index in [-0.39, 0.29) is 17.1 Å². The minimum Gasteiger partial charge on any atom is -0.492 e. The van der Waals surface area contributed by atoms with Crippen LogP contribution in [0.2, 0.25) is 0 Å². The molecule has 3 heteroatoms. The summed E-state index contributed by atoms with van der Waals surface area (Å²) in [5.41, 5.74) is 2.64. The third kappa shape index (κ3) is 2.58. The van der Waals surface area contributed by atoms with Gasteiger partial charge in [0.1, 0.15) is 5.75 Å². The molecule has 2 atom stereocenters. The average Bonchev–Trinajstić information content (AvgIpc) is 3.01. The lowest BCUT2D eigenvalue weighted by atomic mass is 9.82. The van der Waals surface area contributed by atoms with Crippen molar-refractivity contribution in [3.63, 3.8) is 0 Å². The van der Waals surface area contributed by atoms with E-state index >= 15 is 0 Å². The van der Waals surface area contributed by atoms with Crippen molar-refractivity contribution >= 4 is 0 Å². The zero-order valence-corrected chi connectivity index (χ0v) is 13.7. The first-order valence-corrected chi connectivity index (χ1v) is 8.11. The molecular weight excluding hydrogens is 262 g/mol. The smallest absolute Gasteiger partial charge is 0.123 e. The second-order valence-corrected chi connectivity index (χ2v) is 7.18. The molecule has 2 heterocycles. The van der Waals surface area contributed by atoms with Gasteiger partial charge in [-0.25, -0.2) is 0 Å². The van der Waals surface area contributed by atoms with Gasteiger partial charge in [-0.15, -0.1) is 0 Å². The lowest BCUT2D eigenvalue weighted by molar-refractivity contribution is -0.0121. The highest BCUT2D eigenvalue weighted by Gasteiger charge is 2.40. The maximum Gasteiger partial charge on any atom is 0.123 e. The van der Waals surface area contributed by atoms with E-state index < -0.39 is 0 Å². The van der Waals surface area contributed by atoms with Crippen LogP contribution in [-0.2, 0) is 10.2 Å². The van der Waals surface area contributed by atoms with Gasteiger partial charge in [-0.05, 0) is 44.0 Å². The summed E-state index contributed by atoms with van der Waals surface area (Å²) in [6.45, 7) is 11.5. The fourth-order valence-corrected chi connectivity index (χ4v) is 3.64. The fraction of sp³-hybridized carbons (Fsp3) is 0.667. The summed E-state index contributed by atoms with van der Waals surface area (Å²) in [5, 5.41) is 3.63. The van der Waals surface area contributed by atoms with E-state index in [1.54, 1.807) is 0 Å². The van der Waals surface area contributed by atoms with E-state index in [1.165, 1.54) is 11.1 Å². The molecule has 0 amide bonds. The Bertz CT molecular complexity index is 518. The predicted octanol–water partition coefficient (Wildman–Crippen LogP) is 3.58. The quantitative estimate of drug-likeness (QED) is 0.919. The molecular formula is C18H27NO2. The Morgan fingerprint density at radius 1 is 1.29 bits per heavy atom. The second kappa shape index (κ2) is 5.29. The highest BCUT2D eigenvalue weighted by Crippen LogP contribution is 2.43. The number of ether oxygens (including phenoxy) is 2. The summed E-state index contributed by atoms with van der Waals surface area (Å²) in [4.78, 5) is 0. The SMILES string of the molecule is CCNC(c1ccc2c(c1)C(C)(C)CO2)C1(C)CCCO1. The summed E-state index contributed by atoms with van der Waals surface area (Å²) in [5.74, 6) is 1.04. The van der Waals surface area contributed by atoms with Gasteiger partial charge in [-0.2, -0.15) is 0 Å². The molecule has 1 fully saturated rings. The van der Waals surface area contributed by atoms with Crippen LogP contribution in [0, 0.1) is 0 Å². The van der Waals surface area contributed by atoms with Crippen LogP contribution >= 0.6 is 0 Å². The first kappa shape index (κ1) is 14.9. The van der Waals surface area contributed by atoms with E-state index in [1.807, 2.05) is 0 Å². The molecule has 1 aromatic carbocycles. The molecule has 0 bridgehead atoms. The van der Waals surface area contributed by atoms with Crippen LogP contribution in [0.5, 0.6) is 5.75 Å². The van der Waals surface area contributed by atoms with Crippen LogP contribution < -0.4 is 10.1 Å². The molecule has 0 radical (unpaired) electrons. The lowest BCUT2D eigenvalue weighted by Crippen LogP contribution is -2.41. The minimum absolute atomic E-state index is 0.0968. The Morgan fingerprint density at radius 3 is 2.76 bits per heavy atom.